The highest BCUT2D eigenvalue weighted by molar-refractivity contribution is 7.99. The average molecular weight is 267 g/mol. The first-order valence-electron chi connectivity index (χ1n) is 6.14. The minimum Gasteiger partial charge on any atom is -0.392 e. The van der Waals surface area contributed by atoms with Crippen LogP contribution in [0.2, 0.25) is 0 Å². The van der Waals surface area contributed by atoms with Crippen LogP contribution in [0.1, 0.15) is 24.5 Å². The quantitative estimate of drug-likeness (QED) is 0.777. The number of aryl methyl sites for hydroxylation is 2. The van der Waals surface area contributed by atoms with Gasteiger partial charge in [-0.05, 0) is 44.0 Å². The highest BCUT2D eigenvalue weighted by Gasteiger charge is 2.04. The van der Waals surface area contributed by atoms with Crippen LogP contribution < -0.4 is 5.32 Å². The van der Waals surface area contributed by atoms with Crippen molar-refractivity contribution < 1.29 is 9.90 Å². The van der Waals surface area contributed by atoms with Crippen molar-refractivity contribution in [1.29, 1.82) is 0 Å². The molecule has 3 nitrogen and oxygen atoms in total. The molecule has 4 heteroatoms. The Morgan fingerprint density at radius 1 is 1.39 bits per heavy atom. The molecule has 18 heavy (non-hydrogen) atoms. The van der Waals surface area contributed by atoms with Gasteiger partial charge in [-0.3, -0.25) is 4.79 Å². The van der Waals surface area contributed by atoms with Crippen molar-refractivity contribution in [2.45, 2.75) is 38.2 Å². The largest absolute Gasteiger partial charge is 0.392 e. The highest BCUT2D eigenvalue weighted by atomic mass is 32.2. The van der Waals surface area contributed by atoms with E-state index in [0.29, 0.717) is 13.0 Å². The predicted octanol–water partition coefficient (Wildman–Crippen LogP) is 2.28. The van der Waals surface area contributed by atoms with Crippen LogP contribution in [0.5, 0.6) is 0 Å². The fourth-order valence-electron chi connectivity index (χ4n) is 1.42. The van der Waals surface area contributed by atoms with Crippen molar-refractivity contribution in [2.24, 2.45) is 0 Å². The van der Waals surface area contributed by atoms with E-state index < -0.39 is 6.10 Å². The Balaban J connectivity index is 2.28. The molecule has 2 N–H and O–H groups in total. The number of rotatable bonds is 6. The van der Waals surface area contributed by atoms with Gasteiger partial charge in [-0.15, -0.1) is 11.8 Å². The maximum absolute atomic E-state index is 11.4. The second-order valence-electron chi connectivity index (χ2n) is 4.50. The Bertz CT molecular complexity index is 405. The monoisotopic (exact) mass is 267 g/mol. The van der Waals surface area contributed by atoms with E-state index in [-0.39, 0.29) is 5.91 Å². The smallest absolute Gasteiger partial charge is 0.220 e. The van der Waals surface area contributed by atoms with Gasteiger partial charge in [-0.25, -0.2) is 0 Å². The van der Waals surface area contributed by atoms with Crippen LogP contribution in [-0.4, -0.2) is 29.4 Å². The van der Waals surface area contributed by atoms with Gasteiger partial charge < -0.3 is 10.4 Å². The topological polar surface area (TPSA) is 49.3 Å². The molecule has 0 aliphatic rings. The van der Waals surface area contributed by atoms with Crippen molar-refractivity contribution in [3.63, 3.8) is 0 Å². The number of aliphatic hydroxyl groups is 1. The number of amides is 1. The summed E-state index contributed by atoms with van der Waals surface area (Å²) in [4.78, 5) is 12.6. The van der Waals surface area contributed by atoms with Crippen molar-refractivity contribution in [3.8, 4) is 0 Å². The van der Waals surface area contributed by atoms with Crippen LogP contribution in [-0.2, 0) is 4.79 Å². The number of nitrogens with one attached hydrogen (secondary N) is 1. The van der Waals surface area contributed by atoms with E-state index in [2.05, 4.69) is 37.4 Å². The summed E-state index contributed by atoms with van der Waals surface area (Å²) in [6, 6.07) is 6.33. The number of thioether (sulfide) groups is 1. The Kier molecular flexibility index (Phi) is 6.22. The molecule has 1 rings (SSSR count). The lowest BCUT2D eigenvalue weighted by atomic mass is 10.1. The third-order valence-corrected chi connectivity index (χ3v) is 3.67. The van der Waals surface area contributed by atoms with Crippen LogP contribution >= 0.6 is 11.8 Å². The normalized spacial score (nSPS) is 12.2. The zero-order chi connectivity index (χ0) is 13.5. The van der Waals surface area contributed by atoms with Crippen LogP contribution in [0.4, 0.5) is 0 Å². The molecule has 0 aromatic heterocycles. The van der Waals surface area contributed by atoms with Gasteiger partial charge in [0.25, 0.3) is 0 Å². The fourth-order valence-corrected chi connectivity index (χ4v) is 2.36. The lowest BCUT2D eigenvalue weighted by Crippen LogP contribution is -2.30. The Labute approximate surface area is 113 Å². The first-order valence-corrected chi connectivity index (χ1v) is 7.12. The second kappa shape index (κ2) is 7.44. The van der Waals surface area contributed by atoms with Gasteiger partial charge in [0.15, 0.2) is 0 Å². The predicted molar refractivity (Wildman–Crippen MR) is 75.9 cm³/mol. The number of hydrogen-bond acceptors (Lipinski definition) is 3. The molecular weight excluding hydrogens is 246 g/mol. The van der Waals surface area contributed by atoms with E-state index in [1.165, 1.54) is 16.0 Å². The van der Waals surface area contributed by atoms with E-state index in [0.717, 1.165) is 5.75 Å². The molecule has 100 valence electrons. The highest BCUT2D eigenvalue weighted by Crippen LogP contribution is 2.21. The molecule has 0 saturated carbocycles. The summed E-state index contributed by atoms with van der Waals surface area (Å²) in [5.74, 6) is 0.751. The molecule has 0 spiro atoms. The number of benzene rings is 1. The Hall–Kier alpha value is -1.00. The zero-order valence-electron chi connectivity index (χ0n) is 11.2. The standard InChI is InChI=1S/C14H21NO2S/c1-10-4-5-13(8-11(10)2)18-7-6-14(17)15-9-12(3)16/h4-5,8,12,16H,6-7,9H2,1-3H3,(H,15,17)/t12-/m0/s1. The molecule has 0 fully saturated rings. The molecule has 1 aromatic carbocycles. The van der Waals surface area contributed by atoms with Crippen molar-refractivity contribution in [1.82, 2.24) is 5.32 Å². The maximum atomic E-state index is 11.4. The molecule has 1 amide bonds. The van der Waals surface area contributed by atoms with Gasteiger partial charge in [0, 0.05) is 23.6 Å². The van der Waals surface area contributed by atoms with E-state index in [9.17, 15) is 4.79 Å². The van der Waals surface area contributed by atoms with Gasteiger partial charge in [0.05, 0.1) is 6.10 Å². The van der Waals surface area contributed by atoms with Crippen LogP contribution in [0, 0.1) is 13.8 Å². The molecule has 1 aromatic rings. The third kappa shape index (κ3) is 5.56. The van der Waals surface area contributed by atoms with E-state index in [1.54, 1.807) is 18.7 Å². The first kappa shape index (κ1) is 15.1. The Morgan fingerprint density at radius 3 is 2.72 bits per heavy atom. The molecular formula is C14H21NO2S. The summed E-state index contributed by atoms with van der Waals surface area (Å²) in [6.45, 7) is 6.17. The fraction of sp³-hybridized carbons (Fsp3) is 0.500. The van der Waals surface area contributed by atoms with Crippen LogP contribution in [0.15, 0.2) is 23.1 Å². The number of aliphatic hydroxyl groups excluding tert-OH is 1. The summed E-state index contributed by atoms with van der Waals surface area (Å²) in [5, 5.41) is 11.7. The molecule has 0 heterocycles. The molecule has 1 atom stereocenters. The number of carbonyl (C=O) groups excluding carboxylic acids is 1. The summed E-state index contributed by atoms with van der Waals surface area (Å²) in [5.41, 5.74) is 2.56. The molecule has 0 unspecified atom stereocenters. The van der Waals surface area contributed by atoms with Gasteiger partial charge in [0.2, 0.25) is 5.91 Å². The van der Waals surface area contributed by atoms with Gasteiger partial charge in [-0.2, -0.15) is 0 Å². The summed E-state index contributed by atoms with van der Waals surface area (Å²) in [6.07, 6.45) is -0.00836. The van der Waals surface area contributed by atoms with Crippen LogP contribution in [0.3, 0.4) is 0 Å². The lowest BCUT2D eigenvalue weighted by Gasteiger charge is -2.07. The van der Waals surface area contributed by atoms with Crippen molar-refractivity contribution >= 4 is 17.7 Å². The van der Waals surface area contributed by atoms with E-state index in [4.69, 9.17) is 5.11 Å². The van der Waals surface area contributed by atoms with Crippen molar-refractivity contribution in [2.75, 3.05) is 12.3 Å². The zero-order valence-corrected chi connectivity index (χ0v) is 12.0. The van der Waals surface area contributed by atoms with Crippen molar-refractivity contribution in [3.05, 3.63) is 29.3 Å². The summed E-state index contributed by atoms with van der Waals surface area (Å²) < 4.78 is 0. The number of carbonyl (C=O) groups is 1. The van der Waals surface area contributed by atoms with Gasteiger partial charge in [0.1, 0.15) is 0 Å². The van der Waals surface area contributed by atoms with Gasteiger partial charge in [-0.1, -0.05) is 6.07 Å². The molecule has 0 aliphatic heterocycles. The molecule has 0 aliphatic carbocycles. The SMILES string of the molecule is Cc1ccc(SCCC(=O)NC[C@H](C)O)cc1C. The summed E-state index contributed by atoms with van der Waals surface area (Å²) >= 11 is 1.68. The van der Waals surface area contributed by atoms with Gasteiger partial charge >= 0.3 is 0 Å². The minimum absolute atomic E-state index is 0.00719. The van der Waals surface area contributed by atoms with E-state index >= 15 is 0 Å². The Morgan fingerprint density at radius 2 is 2.11 bits per heavy atom. The number of hydrogen-bond donors (Lipinski definition) is 2. The van der Waals surface area contributed by atoms with Crippen LogP contribution in [0.25, 0.3) is 0 Å². The summed E-state index contributed by atoms with van der Waals surface area (Å²) in [7, 11) is 0. The van der Waals surface area contributed by atoms with E-state index in [1.807, 2.05) is 0 Å². The molecule has 0 saturated heterocycles. The maximum Gasteiger partial charge on any atom is 0.220 e. The lowest BCUT2D eigenvalue weighted by molar-refractivity contribution is -0.121. The third-order valence-electron chi connectivity index (χ3n) is 2.67. The minimum atomic E-state index is -0.485. The first-order chi connectivity index (χ1) is 8.49. The second-order valence-corrected chi connectivity index (χ2v) is 5.67. The molecule has 0 bridgehead atoms. The average Bonchev–Trinajstić information content (AvgIpc) is 2.31. The molecule has 0 radical (unpaired) electrons.